The molecule has 0 aromatic heterocycles. The number of rotatable bonds is 3. The molecule has 1 aromatic rings. The molecule has 0 aliphatic rings. The number of hydrogen-bond acceptors (Lipinski definition) is 1. The second-order valence-corrected chi connectivity index (χ2v) is 4.17. The van der Waals surface area contributed by atoms with Crippen LogP contribution < -0.4 is 0 Å². The molecular formula is C11H8ClF5O. The SMILES string of the molecule is Cc1ccc(CC(=O)C(F)(F)C(F)(F)F)c(Cl)c1. The molecule has 1 aromatic carbocycles. The molecular weight excluding hydrogens is 279 g/mol. The Morgan fingerprint density at radius 2 is 1.78 bits per heavy atom. The zero-order valence-electron chi connectivity index (χ0n) is 9.12. The largest absolute Gasteiger partial charge is 0.461 e. The van der Waals surface area contributed by atoms with Gasteiger partial charge in [0.05, 0.1) is 0 Å². The summed E-state index contributed by atoms with van der Waals surface area (Å²) in [5.74, 6) is -7.58. The Labute approximate surface area is 105 Å². The molecule has 18 heavy (non-hydrogen) atoms. The van der Waals surface area contributed by atoms with Gasteiger partial charge in [0.25, 0.3) is 0 Å². The minimum absolute atomic E-state index is 0.0127. The topological polar surface area (TPSA) is 17.1 Å². The van der Waals surface area contributed by atoms with Crippen molar-refractivity contribution in [2.75, 3.05) is 0 Å². The first-order valence-corrected chi connectivity index (χ1v) is 5.16. The number of Topliss-reactive ketones (excluding diaryl/α,β-unsaturated/α-hetero) is 1. The molecule has 0 radical (unpaired) electrons. The van der Waals surface area contributed by atoms with Crippen molar-refractivity contribution in [3.63, 3.8) is 0 Å². The van der Waals surface area contributed by atoms with E-state index >= 15 is 0 Å². The predicted octanol–water partition coefficient (Wildman–Crippen LogP) is 3.96. The van der Waals surface area contributed by atoms with Gasteiger partial charge in [0.1, 0.15) is 0 Å². The Balaban J connectivity index is 2.95. The summed E-state index contributed by atoms with van der Waals surface area (Å²) in [4.78, 5) is 11.0. The predicted molar refractivity (Wildman–Crippen MR) is 55.9 cm³/mol. The normalized spacial score (nSPS) is 12.6. The van der Waals surface area contributed by atoms with E-state index in [4.69, 9.17) is 11.6 Å². The molecule has 1 rings (SSSR count). The van der Waals surface area contributed by atoms with E-state index in [0.717, 1.165) is 0 Å². The highest BCUT2D eigenvalue weighted by molar-refractivity contribution is 6.31. The first kappa shape index (κ1) is 14.9. The summed E-state index contributed by atoms with van der Waals surface area (Å²) in [6.45, 7) is 1.67. The van der Waals surface area contributed by atoms with Crippen molar-refractivity contribution in [2.24, 2.45) is 0 Å². The summed E-state index contributed by atoms with van der Waals surface area (Å²) in [6, 6.07) is 4.11. The van der Waals surface area contributed by atoms with Crippen LogP contribution in [-0.2, 0) is 11.2 Å². The average molecular weight is 287 g/mol. The average Bonchev–Trinajstić information content (AvgIpc) is 2.20. The summed E-state index contributed by atoms with van der Waals surface area (Å²) < 4.78 is 61.2. The number of hydrogen-bond donors (Lipinski definition) is 0. The van der Waals surface area contributed by atoms with E-state index < -0.39 is 24.3 Å². The van der Waals surface area contributed by atoms with Crippen molar-refractivity contribution in [3.05, 3.63) is 34.3 Å². The molecule has 100 valence electrons. The lowest BCUT2D eigenvalue weighted by atomic mass is 10.0. The van der Waals surface area contributed by atoms with Crippen LogP contribution in [0.3, 0.4) is 0 Å². The molecule has 1 nitrogen and oxygen atoms in total. The van der Waals surface area contributed by atoms with E-state index in [2.05, 4.69) is 0 Å². The van der Waals surface area contributed by atoms with Gasteiger partial charge >= 0.3 is 12.1 Å². The molecule has 0 spiro atoms. The molecule has 7 heteroatoms. The highest BCUT2D eigenvalue weighted by Crippen LogP contribution is 2.37. The van der Waals surface area contributed by atoms with Gasteiger partial charge in [-0.05, 0) is 24.1 Å². The van der Waals surface area contributed by atoms with E-state index in [1.54, 1.807) is 6.92 Å². The van der Waals surface area contributed by atoms with Gasteiger partial charge < -0.3 is 0 Å². The third-order valence-electron chi connectivity index (χ3n) is 2.27. The van der Waals surface area contributed by atoms with Gasteiger partial charge in [0.2, 0.25) is 5.78 Å². The minimum atomic E-state index is -5.89. The van der Waals surface area contributed by atoms with Crippen molar-refractivity contribution in [1.82, 2.24) is 0 Å². The van der Waals surface area contributed by atoms with Gasteiger partial charge in [-0.3, -0.25) is 4.79 Å². The van der Waals surface area contributed by atoms with Crippen LogP contribution in [0, 0.1) is 6.92 Å². The third kappa shape index (κ3) is 2.98. The number of ketones is 1. The van der Waals surface area contributed by atoms with Crippen LogP contribution >= 0.6 is 11.6 Å². The first-order valence-electron chi connectivity index (χ1n) is 4.78. The molecule has 0 saturated carbocycles. The van der Waals surface area contributed by atoms with Crippen LogP contribution in [0.1, 0.15) is 11.1 Å². The Morgan fingerprint density at radius 1 is 1.22 bits per heavy atom. The number of aryl methyl sites for hydroxylation is 1. The van der Waals surface area contributed by atoms with E-state index in [1.807, 2.05) is 0 Å². The Kier molecular flexibility index (Phi) is 4.00. The number of alkyl halides is 5. The van der Waals surface area contributed by atoms with E-state index in [9.17, 15) is 26.7 Å². The zero-order chi connectivity index (χ0) is 14.1. The number of benzene rings is 1. The molecule has 0 unspecified atom stereocenters. The van der Waals surface area contributed by atoms with Crippen LogP contribution in [0.5, 0.6) is 0 Å². The van der Waals surface area contributed by atoms with Gasteiger partial charge in [0.15, 0.2) is 0 Å². The first-order chi connectivity index (χ1) is 8.05. The molecule has 0 heterocycles. The van der Waals surface area contributed by atoms with E-state index in [-0.39, 0.29) is 10.6 Å². The third-order valence-corrected chi connectivity index (χ3v) is 2.62. The van der Waals surface area contributed by atoms with Crippen LogP contribution in [0.4, 0.5) is 22.0 Å². The van der Waals surface area contributed by atoms with Crippen LogP contribution in [0.15, 0.2) is 18.2 Å². The fourth-order valence-corrected chi connectivity index (χ4v) is 1.54. The van der Waals surface area contributed by atoms with Gasteiger partial charge in [-0.15, -0.1) is 0 Å². The van der Waals surface area contributed by atoms with Crippen molar-refractivity contribution >= 4 is 17.4 Å². The second kappa shape index (κ2) is 4.84. The molecule has 0 amide bonds. The summed E-state index contributed by atoms with van der Waals surface area (Å²) >= 11 is 5.66. The van der Waals surface area contributed by atoms with Crippen molar-refractivity contribution in [3.8, 4) is 0 Å². The van der Waals surface area contributed by atoms with Gasteiger partial charge in [-0.25, -0.2) is 0 Å². The maximum absolute atomic E-state index is 12.7. The standard InChI is InChI=1S/C11H8ClF5O/c1-6-2-3-7(8(12)4-6)5-9(18)10(13,14)11(15,16)17/h2-4H,5H2,1H3. The van der Waals surface area contributed by atoms with Crippen LogP contribution in [0.2, 0.25) is 5.02 Å². The van der Waals surface area contributed by atoms with Crippen molar-refractivity contribution in [2.45, 2.75) is 25.4 Å². The molecule has 0 aliphatic carbocycles. The van der Waals surface area contributed by atoms with Gasteiger partial charge in [-0.1, -0.05) is 23.7 Å². The highest BCUT2D eigenvalue weighted by atomic mass is 35.5. The second-order valence-electron chi connectivity index (χ2n) is 3.77. The fourth-order valence-electron chi connectivity index (χ4n) is 1.24. The lowest BCUT2D eigenvalue weighted by Crippen LogP contribution is -2.44. The van der Waals surface area contributed by atoms with E-state index in [1.165, 1.54) is 18.2 Å². The van der Waals surface area contributed by atoms with Gasteiger partial charge in [0, 0.05) is 11.4 Å². The quantitative estimate of drug-likeness (QED) is 0.769. The molecule has 0 saturated heterocycles. The summed E-state index contributed by atoms with van der Waals surface area (Å²) in [5.41, 5.74) is 0.648. The molecule has 0 bridgehead atoms. The molecule has 0 aliphatic heterocycles. The number of carbonyl (C=O) groups is 1. The van der Waals surface area contributed by atoms with E-state index in [0.29, 0.717) is 5.56 Å². The van der Waals surface area contributed by atoms with Crippen LogP contribution in [0.25, 0.3) is 0 Å². The number of carbonyl (C=O) groups excluding carboxylic acids is 1. The lowest BCUT2D eigenvalue weighted by Gasteiger charge is -2.18. The van der Waals surface area contributed by atoms with Crippen molar-refractivity contribution in [1.29, 1.82) is 0 Å². The Hall–Kier alpha value is -1.17. The highest BCUT2D eigenvalue weighted by Gasteiger charge is 2.62. The molecule has 0 N–H and O–H groups in total. The monoisotopic (exact) mass is 286 g/mol. The zero-order valence-corrected chi connectivity index (χ0v) is 9.87. The minimum Gasteiger partial charge on any atom is -0.292 e. The summed E-state index contributed by atoms with van der Waals surface area (Å²) in [6.07, 6.45) is -6.95. The number of halogens is 6. The van der Waals surface area contributed by atoms with Crippen LogP contribution in [-0.4, -0.2) is 17.9 Å². The summed E-state index contributed by atoms with van der Waals surface area (Å²) in [5, 5.41) is -0.0127. The maximum Gasteiger partial charge on any atom is 0.461 e. The van der Waals surface area contributed by atoms with Crippen molar-refractivity contribution < 1.29 is 26.7 Å². The summed E-state index contributed by atoms with van der Waals surface area (Å²) in [7, 11) is 0. The maximum atomic E-state index is 12.7. The molecule has 0 fully saturated rings. The smallest absolute Gasteiger partial charge is 0.292 e. The Bertz CT molecular complexity index is 467. The molecule has 0 atom stereocenters. The lowest BCUT2D eigenvalue weighted by molar-refractivity contribution is -0.268. The fraction of sp³-hybridized carbons (Fsp3) is 0.364. The van der Waals surface area contributed by atoms with Gasteiger partial charge in [-0.2, -0.15) is 22.0 Å². The Morgan fingerprint density at radius 3 is 2.22 bits per heavy atom.